The second-order valence-corrected chi connectivity index (χ2v) is 11.3. The number of aryl methyl sites for hydroxylation is 2. The third-order valence-corrected chi connectivity index (χ3v) is 8.50. The Hall–Kier alpha value is -3.04. The molecule has 196 valence electrons. The highest BCUT2D eigenvalue weighted by Crippen LogP contribution is 2.37. The lowest BCUT2D eigenvalue weighted by atomic mass is 9.89. The number of carbonyl (C=O) groups is 1. The van der Waals surface area contributed by atoms with Gasteiger partial charge in [0.25, 0.3) is 10.0 Å². The van der Waals surface area contributed by atoms with E-state index in [4.69, 9.17) is 11.6 Å². The Morgan fingerprint density at radius 3 is 2.35 bits per heavy atom. The summed E-state index contributed by atoms with van der Waals surface area (Å²) < 4.78 is 67.9. The maximum Gasteiger partial charge on any atom is 0.416 e. The summed E-state index contributed by atoms with van der Waals surface area (Å²) in [5.74, 6) is -0.682. The Labute approximate surface area is 219 Å². The summed E-state index contributed by atoms with van der Waals surface area (Å²) in [5.41, 5.74) is 1.87. The van der Waals surface area contributed by atoms with Crippen molar-refractivity contribution in [3.05, 3.63) is 94.0 Å². The second kappa shape index (κ2) is 10.8. The van der Waals surface area contributed by atoms with Crippen molar-refractivity contribution in [2.45, 2.75) is 49.7 Å². The van der Waals surface area contributed by atoms with Crippen molar-refractivity contribution >= 4 is 33.2 Å². The first kappa shape index (κ1) is 27.0. The van der Waals surface area contributed by atoms with Gasteiger partial charge >= 0.3 is 6.18 Å². The highest BCUT2D eigenvalue weighted by atomic mass is 35.5. The fraction of sp³-hybridized carbons (Fsp3) is 0.296. The number of benzene rings is 3. The first-order valence-electron chi connectivity index (χ1n) is 11.8. The first-order chi connectivity index (χ1) is 17.5. The largest absolute Gasteiger partial charge is 0.416 e. The Bertz CT molecular complexity index is 1400. The SMILES string of the molecule is C[C@H](NC(=O)CN(c1cc(C(F)(F)F)ccc1Cl)S(=O)(=O)c1ccccc1)c1ccc2c(c1)CCCC2. The molecule has 1 atom stereocenters. The molecule has 0 heterocycles. The molecule has 1 aliphatic rings. The summed E-state index contributed by atoms with van der Waals surface area (Å²) in [6, 6.07) is 15.1. The minimum absolute atomic E-state index is 0.181. The van der Waals surface area contributed by atoms with E-state index in [0.29, 0.717) is 10.4 Å². The highest BCUT2D eigenvalue weighted by Gasteiger charge is 2.34. The molecule has 5 nitrogen and oxygen atoms in total. The number of alkyl halides is 3. The molecule has 0 saturated carbocycles. The van der Waals surface area contributed by atoms with E-state index in [0.717, 1.165) is 43.4 Å². The summed E-state index contributed by atoms with van der Waals surface area (Å²) in [5, 5.41) is 2.55. The van der Waals surface area contributed by atoms with Crippen LogP contribution < -0.4 is 9.62 Å². The summed E-state index contributed by atoms with van der Waals surface area (Å²) in [6.07, 6.45) is -0.518. The molecule has 3 aromatic rings. The second-order valence-electron chi connectivity index (χ2n) is 9.01. The molecule has 37 heavy (non-hydrogen) atoms. The fourth-order valence-electron chi connectivity index (χ4n) is 4.42. The van der Waals surface area contributed by atoms with Gasteiger partial charge in [0.15, 0.2) is 0 Å². The van der Waals surface area contributed by atoms with Crippen LogP contribution >= 0.6 is 11.6 Å². The van der Waals surface area contributed by atoms with Crippen LogP contribution in [-0.2, 0) is 33.8 Å². The fourth-order valence-corrected chi connectivity index (χ4v) is 6.15. The Morgan fingerprint density at radius 2 is 1.68 bits per heavy atom. The van der Waals surface area contributed by atoms with Crippen LogP contribution in [0.1, 0.15) is 48.1 Å². The van der Waals surface area contributed by atoms with Gasteiger partial charge in [0.1, 0.15) is 6.54 Å². The molecule has 0 bridgehead atoms. The zero-order valence-electron chi connectivity index (χ0n) is 20.1. The van der Waals surface area contributed by atoms with E-state index in [1.54, 1.807) is 13.0 Å². The molecule has 0 unspecified atom stereocenters. The van der Waals surface area contributed by atoms with Crippen molar-refractivity contribution in [1.82, 2.24) is 5.32 Å². The number of rotatable bonds is 7. The van der Waals surface area contributed by atoms with Gasteiger partial charge in [-0.25, -0.2) is 8.42 Å². The number of carbonyl (C=O) groups excluding carboxylic acids is 1. The van der Waals surface area contributed by atoms with Gasteiger partial charge in [-0.05, 0) is 79.6 Å². The Morgan fingerprint density at radius 1 is 1.00 bits per heavy atom. The molecule has 0 radical (unpaired) electrons. The highest BCUT2D eigenvalue weighted by molar-refractivity contribution is 7.92. The first-order valence-corrected chi connectivity index (χ1v) is 13.6. The minimum Gasteiger partial charge on any atom is -0.348 e. The summed E-state index contributed by atoms with van der Waals surface area (Å²) >= 11 is 6.18. The minimum atomic E-state index is -4.73. The van der Waals surface area contributed by atoms with E-state index < -0.39 is 45.9 Å². The van der Waals surface area contributed by atoms with Crippen molar-refractivity contribution in [2.75, 3.05) is 10.8 Å². The van der Waals surface area contributed by atoms with Gasteiger partial charge in [-0.2, -0.15) is 13.2 Å². The molecule has 0 fully saturated rings. The number of amides is 1. The molecular formula is C27H26ClF3N2O3S. The van der Waals surface area contributed by atoms with E-state index >= 15 is 0 Å². The number of hydrogen-bond acceptors (Lipinski definition) is 3. The molecular weight excluding hydrogens is 525 g/mol. The maximum atomic E-state index is 13.5. The number of hydrogen-bond donors (Lipinski definition) is 1. The standard InChI is InChI=1S/C27H26ClF3N2O3S/c1-18(20-12-11-19-7-5-6-8-21(19)15-20)32-26(34)17-33(37(35,36)23-9-3-2-4-10-23)25-16-22(27(29,30)31)13-14-24(25)28/h2-4,9-16,18H,5-8,17H2,1H3,(H,32,34)/t18-/m0/s1. The molecule has 3 aromatic carbocycles. The predicted octanol–water partition coefficient (Wildman–Crippen LogP) is 6.31. The Balaban J connectivity index is 1.65. The number of sulfonamides is 1. The maximum absolute atomic E-state index is 13.5. The van der Waals surface area contributed by atoms with E-state index in [1.807, 2.05) is 18.2 Å². The lowest BCUT2D eigenvalue weighted by Crippen LogP contribution is -2.41. The normalized spacial score (nSPS) is 14.5. The van der Waals surface area contributed by atoms with E-state index in [1.165, 1.54) is 35.4 Å². The van der Waals surface area contributed by atoms with Crippen molar-refractivity contribution in [3.63, 3.8) is 0 Å². The van der Waals surface area contributed by atoms with Crippen LogP contribution in [0.3, 0.4) is 0 Å². The molecule has 4 rings (SSSR count). The van der Waals surface area contributed by atoms with Gasteiger partial charge in [0.2, 0.25) is 5.91 Å². The van der Waals surface area contributed by atoms with Crippen LogP contribution in [-0.4, -0.2) is 20.9 Å². The van der Waals surface area contributed by atoms with Crippen LogP contribution in [0.5, 0.6) is 0 Å². The molecule has 1 aliphatic carbocycles. The van der Waals surface area contributed by atoms with Crippen LogP contribution in [0.4, 0.5) is 18.9 Å². The van der Waals surface area contributed by atoms with Gasteiger partial charge < -0.3 is 5.32 Å². The van der Waals surface area contributed by atoms with Gasteiger partial charge in [-0.1, -0.05) is 48.0 Å². The van der Waals surface area contributed by atoms with Crippen molar-refractivity contribution in [2.24, 2.45) is 0 Å². The summed E-state index contributed by atoms with van der Waals surface area (Å²) in [4.78, 5) is 12.9. The predicted molar refractivity (Wildman–Crippen MR) is 137 cm³/mol. The smallest absolute Gasteiger partial charge is 0.348 e. The van der Waals surface area contributed by atoms with Gasteiger partial charge in [0, 0.05) is 0 Å². The lowest BCUT2D eigenvalue weighted by Gasteiger charge is -2.27. The molecule has 1 amide bonds. The third kappa shape index (κ3) is 6.10. The molecule has 1 N–H and O–H groups in total. The lowest BCUT2D eigenvalue weighted by molar-refractivity contribution is -0.137. The van der Waals surface area contributed by atoms with E-state index in [2.05, 4.69) is 5.32 Å². The van der Waals surface area contributed by atoms with Crippen LogP contribution in [0.25, 0.3) is 0 Å². The molecule has 0 aliphatic heterocycles. The molecule has 0 aromatic heterocycles. The van der Waals surface area contributed by atoms with Crippen LogP contribution in [0, 0.1) is 0 Å². The quantitative estimate of drug-likeness (QED) is 0.375. The third-order valence-electron chi connectivity index (χ3n) is 6.41. The summed E-state index contributed by atoms with van der Waals surface area (Å²) in [6.45, 7) is 1.02. The average Bonchev–Trinajstić information content (AvgIpc) is 2.87. The number of nitrogens with one attached hydrogen (secondary N) is 1. The molecule has 0 spiro atoms. The van der Waals surface area contributed by atoms with E-state index in [9.17, 15) is 26.4 Å². The van der Waals surface area contributed by atoms with Gasteiger partial charge in [-0.15, -0.1) is 0 Å². The van der Waals surface area contributed by atoms with Gasteiger partial charge in [0.05, 0.1) is 27.2 Å². The van der Waals surface area contributed by atoms with Crippen molar-refractivity contribution in [3.8, 4) is 0 Å². The summed E-state index contributed by atoms with van der Waals surface area (Å²) in [7, 11) is -4.43. The van der Waals surface area contributed by atoms with Crippen LogP contribution in [0.15, 0.2) is 71.6 Å². The molecule has 0 saturated heterocycles. The molecule has 10 heteroatoms. The Kier molecular flexibility index (Phi) is 7.85. The van der Waals surface area contributed by atoms with Gasteiger partial charge in [-0.3, -0.25) is 9.10 Å². The average molecular weight is 551 g/mol. The van der Waals surface area contributed by atoms with E-state index in [-0.39, 0.29) is 9.92 Å². The number of fused-ring (bicyclic) bond motifs is 1. The zero-order chi connectivity index (χ0) is 26.8. The van der Waals surface area contributed by atoms with Crippen molar-refractivity contribution < 1.29 is 26.4 Å². The van der Waals surface area contributed by atoms with Crippen molar-refractivity contribution in [1.29, 1.82) is 0 Å². The number of nitrogens with zero attached hydrogens (tertiary/aromatic N) is 1. The van der Waals surface area contributed by atoms with Crippen LogP contribution in [0.2, 0.25) is 5.02 Å². The topological polar surface area (TPSA) is 66.5 Å². The monoisotopic (exact) mass is 550 g/mol. The number of halogens is 4. The number of anilines is 1. The zero-order valence-corrected chi connectivity index (χ0v) is 21.6.